The van der Waals surface area contributed by atoms with E-state index in [2.05, 4.69) is 16.0 Å². The molecule has 3 N–H and O–H groups in total. The molecule has 122 valence electrons. The van der Waals surface area contributed by atoms with Gasteiger partial charge in [0.15, 0.2) is 5.11 Å². The summed E-state index contributed by atoms with van der Waals surface area (Å²) >= 11 is 22.9. The molecule has 1 atom stereocenters. The van der Waals surface area contributed by atoms with Crippen LogP contribution in [0.2, 0.25) is 0 Å². The summed E-state index contributed by atoms with van der Waals surface area (Å²) in [6.45, 7) is 5.46. The number of alkyl halides is 3. The number of halogens is 3. The lowest BCUT2D eigenvalue weighted by atomic mass is 10.2. The van der Waals surface area contributed by atoms with Crippen LogP contribution in [-0.4, -0.2) is 21.0 Å². The number of nitrogens with one attached hydrogen (secondary N) is 3. The highest BCUT2D eigenvalue weighted by atomic mass is 35.6. The molecule has 4 nitrogen and oxygen atoms in total. The number of thiocarbonyl (C=S) groups is 1. The van der Waals surface area contributed by atoms with Gasteiger partial charge >= 0.3 is 0 Å². The normalized spacial score (nSPS) is 12.7. The van der Waals surface area contributed by atoms with Gasteiger partial charge in [-0.25, -0.2) is 0 Å². The van der Waals surface area contributed by atoms with Crippen molar-refractivity contribution in [3.63, 3.8) is 0 Å². The van der Waals surface area contributed by atoms with Gasteiger partial charge in [-0.2, -0.15) is 0 Å². The molecule has 1 rings (SSSR count). The van der Waals surface area contributed by atoms with E-state index in [-0.39, 0.29) is 16.9 Å². The van der Waals surface area contributed by atoms with E-state index in [4.69, 9.17) is 47.0 Å². The van der Waals surface area contributed by atoms with Gasteiger partial charge in [-0.05, 0) is 36.8 Å². The molecular weight excluding hydrogens is 365 g/mol. The highest BCUT2D eigenvalue weighted by molar-refractivity contribution is 7.80. The van der Waals surface area contributed by atoms with Crippen LogP contribution in [0.3, 0.4) is 0 Å². The average molecular weight is 383 g/mol. The van der Waals surface area contributed by atoms with E-state index in [9.17, 15) is 4.79 Å². The van der Waals surface area contributed by atoms with E-state index in [1.165, 1.54) is 0 Å². The van der Waals surface area contributed by atoms with Gasteiger partial charge in [0.25, 0.3) is 0 Å². The summed E-state index contributed by atoms with van der Waals surface area (Å²) < 4.78 is -1.75. The number of hydrogen-bond donors (Lipinski definition) is 3. The SMILES string of the molecule is Cc1cccc(NC(=S)N[C@H](NC(=O)C(C)C)C(Cl)(Cl)Cl)c1. The molecular formula is C14H18Cl3N3OS. The largest absolute Gasteiger partial charge is 0.339 e. The standard InChI is InChI=1S/C14H18Cl3N3OS/c1-8(2)11(21)19-12(14(15,16)17)20-13(22)18-10-6-4-5-9(3)7-10/h4-8,12H,1-3H3,(H,19,21)(H2,18,20,22)/t12-/m0/s1. The first-order valence-corrected chi connectivity index (χ1v) is 8.15. The van der Waals surface area contributed by atoms with Crippen LogP contribution in [0.4, 0.5) is 5.69 Å². The Labute approximate surface area is 150 Å². The first kappa shape index (κ1) is 19.3. The van der Waals surface area contributed by atoms with Gasteiger partial charge in [-0.1, -0.05) is 60.8 Å². The number of hydrogen-bond acceptors (Lipinski definition) is 2. The smallest absolute Gasteiger partial charge is 0.228 e. The van der Waals surface area contributed by atoms with Crippen molar-refractivity contribution in [1.82, 2.24) is 10.6 Å². The number of carbonyl (C=O) groups excluding carboxylic acids is 1. The van der Waals surface area contributed by atoms with Crippen molar-refractivity contribution >= 4 is 63.7 Å². The van der Waals surface area contributed by atoms with Crippen LogP contribution in [-0.2, 0) is 4.79 Å². The van der Waals surface area contributed by atoms with E-state index in [1.54, 1.807) is 13.8 Å². The average Bonchev–Trinajstić information content (AvgIpc) is 2.36. The minimum Gasteiger partial charge on any atom is -0.339 e. The summed E-state index contributed by atoms with van der Waals surface area (Å²) in [5.41, 5.74) is 1.88. The van der Waals surface area contributed by atoms with E-state index < -0.39 is 9.96 Å². The van der Waals surface area contributed by atoms with Crippen LogP contribution in [0.1, 0.15) is 19.4 Å². The van der Waals surface area contributed by atoms with E-state index in [1.807, 2.05) is 31.2 Å². The maximum absolute atomic E-state index is 11.8. The molecule has 1 aromatic carbocycles. The fraction of sp³-hybridized carbons (Fsp3) is 0.429. The molecule has 0 radical (unpaired) electrons. The molecule has 0 aliphatic rings. The Morgan fingerprint density at radius 1 is 1.23 bits per heavy atom. The highest BCUT2D eigenvalue weighted by Crippen LogP contribution is 2.29. The number of rotatable bonds is 4. The van der Waals surface area contributed by atoms with Crippen LogP contribution in [0.5, 0.6) is 0 Å². The number of amides is 1. The molecule has 1 aromatic rings. The lowest BCUT2D eigenvalue weighted by Crippen LogP contribution is -2.56. The Bertz CT molecular complexity index is 546. The third-order valence-corrected chi connectivity index (χ3v) is 3.56. The van der Waals surface area contributed by atoms with Gasteiger partial charge in [-0.15, -0.1) is 0 Å². The molecule has 0 unspecified atom stereocenters. The lowest BCUT2D eigenvalue weighted by Gasteiger charge is -2.28. The van der Waals surface area contributed by atoms with Gasteiger partial charge in [0.05, 0.1) is 0 Å². The Hall–Kier alpha value is -0.750. The molecule has 0 aromatic heterocycles. The van der Waals surface area contributed by atoms with Gasteiger partial charge in [0, 0.05) is 11.6 Å². The van der Waals surface area contributed by atoms with Gasteiger partial charge in [-0.3, -0.25) is 4.79 Å². The van der Waals surface area contributed by atoms with Gasteiger partial charge in [0.2, 0.25) is 9.70 Å². The molecule has 0 bridgehead atoms. The van der Waals surface area contributed by atoms with Crippen LogP contribution in [0.15, 0.2) is 24.3 Å². The van der Waals surface area contributed by atoms with E-state index in [0.717, 1.165) is 11.3 Å². The Kier molecular flexibility index (Phi) is 7.19. The zero-order valence-corrected chi connectivity index (χ0v) is 15.5. The second-order valence-electron chi connectivity index (χ2n) is 5.11. The summed E-state index contributed by atoms with van der Waals surface area (Å²) in [5.74, 6) is -0.489. The summed E-state index contributed by atoms with van der Waals surface area (Å²) in [7, 11) is 0. The molecule has 0 saturated carbocycles. The molecule has 0 heterocycles. The molecule has 0 aliphatic heterocycles. The number of aryl methyl sites for hydroxylation is 1. The molecule has 0 spiro atoms. The summed E-state index contributed by atoms with van der Waals surface area (Å²) in [4.78, 5) is 11.8. The maximum Gasteiger partial charge on any atom is 0.228 e. The summed E-state index contributed by atoms with van der Waals surface area (Å²) in [6.07, 6.45) is -0.947. The fourth-order valence-electron chi connectivity index (χ4n) is 1.53. The predicted octanol–water partition coefficient (Wildman–Crippen LogP) is 3.75. The monoisotopic (exact) mass is 381 g/mol. The van der Waals surface area contributed by atoms with Crippen LogP contribution >= 0.6 is 47.0 Å². The maximum atomic E-state index is 11.8. The van der Waals surface area contributed by atoms with Crippen molar-refractivity contribution in [1.29, 1.82) is 0 Å². The van der Waals surface area contributed by atoms with Crippen molar-refractivity contribution < 1.29 is 4.79 Å². The number of carbonyl (C=O) groups is 1. The predicted molar refractivity (Wildman–Crippen MR) is 97.6 cm³/mol. The van der Waals surface area contributed by atoms with Crippen molar-refractivity contribution in [2.75, 3.05) is 5.32 Å². The van der Waals surface area contributed by atoms with Crippen LogP contribution in [0, 0.1) is 12.8 Å². The molecule has 22 heavy (non-hydrogen) atoms. The molecule has 1 amide bonds. The third kappa shape index (κ3) is 6.57. The van der Waals surface area contributed by atoms with Crippen LogP contribution < -0.4 is 16.0 Å². The van der Waals surface area contributed by atoms with Gasteiger partial charge < -0.3 is 16.0 Å². The van der Waals surface area contributed by atoms with Crippen molar-refractivity contribution in [3.8, 4) is 0 Å². The van der Waals surface area contributed by atoms with Crippen molar-refractivity contribution in [2.45, 2.75) is 30.7 Å². The Morgan fingerprint density at radius 3 is 2.36 bits per heavy atom. The van der Waals surface area contributed by atoms with Crippen molar-refractivity contribution in [3.05, 3.63) is 29.8 Å². The second-order valence-corrected chi connectivity index (χ2v) is 7.88. The van der Waals surface area contributed by atoms with E-state index in [0.29, 0.717) is 0 Å². The Morgan fingerprint density at radius 2 is 1.86 bits per heavy atom. The molecule has 8 heteroatoms. The number of benzene rings is 1. The quantitative estimate of drug-likeness (QED) is 0.422. The fourth-order valence-corrected chi connectivity index (χ4v) is 2.09. The first-order valence-electron chi connectivity index (χ1n) is 6.61. The first-order chi connectivity index (χ1) is 10.1. The third-order valence-electron chi connectivity index (χ3n) is 2.69. The zero-order chi connectivity index (χ0) is 16.9. The van der Waals surface area contributed by atoms with Crippen molar-refractivity contribution in [2.24, 2.45) is 5.92 Å². The molecule has 0 saturated heterocycles. The highest BCUT2D eigenvalue weighted by Gasteiger charge is 2.35. The second kappa shape index (κ2) is 8.20. The van der Waals surface area contributed by atoms with E-state index >= 15 is 0 Å². The molecule has 0 fully saturated rings. The van der Waals surface area contributed by atoms with Gasteiger partial charge in [0.1, 0.15) is 6.17 Å². The minimum absolute atomic E-state index is 0.241. The zero-order valence-electron chi connectivity index (χ0n) is 12.4. The molecule has 0 aliphatic carbocycles. The lowest BCUT2D eigenvalue weighted by molar-refractivity contribution is -0.124. The number of anilines is 1. The topological polar surface area (TPSA) is 53.2 Å². The summed E-state index contributed by atoms with van der Waals surface area (Å²) in [5, 5.41) is 8.64. The van der Waals surface area contributed by atoms with Crippen LogP contribution in [0.25, 0.3) is 0 Å². The Balaban J connectivity index is 2.73. The summed E-state index contributed by atoms with van der Waals surface area (Å²) in [6, 6.07) is 7.64. The minimum atomic E-state index is -1.75.